The molecule has 2 atom stereocenters. The summed E-state index contributed by atoms with van der Waals surface area (Å²) in [6.07, 6.45) is 3.00. The number of aryl methyl sites for hydroxylation is 1. The van der Waals surface area contributed by atoms with Crippen LogP contribution in [0.1, 0.15) is 30.4 Å². The van der Waals surface area contributed by atoms with E-state index < -0.39 is 0 Å². The van der Waals surface area contributed by atoms with Crippen molar-refractivity contribution in [2.75, 3.05) is 20.2 Å². The summed E-state index contributed by atoms with van der Waals surface area (Å²) in [6.45, 7) is 1.83. The first kappa shape index (κ1) is 19.5. The Morgan fingerprint density at radius 1 is 1.03 bits per heavy atom. The molecule has 5 rings (SSSR count). The zero-order valence-electron chi connectivity index (χ0n) is 16.9. The monoisotopic (exact) mass is 392 g/mol. The van der Waals surface area contributed by atoms with Gasteiger partial charge in [-0.3, -0.25) is 9.59 Å². The number of methoxy groups -OCH3 is 1. The van der Waals surface area contributed by atoms with Crippen LogP contribution in [0.3, 0.4) is 0 Å². The lowest BCUT2D eigenvalue weighted by atomic mass is 9.93. The molecule has 5 heteroatoms. The molecule has 0 N–H and O–H groups in total. The summed E-state index contributed by atoms with van der Waals surface area (Å²) in [7, 11) is 1.65. The third kappa shape index (κ3) is 4.44. The minimum absolute atomic E-state index is 0.0711. The average Bonchev–Trinajstić information content (AvgIpc) is 3.05. The van der Waals surface area contributed by atoms with Gasteiger partial charge in [0.15, 0.2) is 0 Å². The molecule has 152 valence electrons. The molecule has 3 saturated heterocycles. The van der Waals surface area contributed by atoms with Gasteiger partial charge in [0.05, 0.1) is 13.0 Å². The third-order valence-electron chi connectivity index (χ3n) is 6.10. The number of benzene rings is 2. The summed E-state index contributed by atoms with van der Waals surface area (Å²) in [5.74, 6) is 1.08. The molecule has 29 heavy (non-hydrogen) atoms. The van der Waals surface area contributed by atoms with Crippen molar-refractivity contribution in [3.05, 3.63) is 65.7 Å². The highest BCUT2D eigenvalue weighted by atomic mass is 16.5. The van der Waals surface area contributed by atoms with Gasteiger partial charge in [-0.05, 0) is 42.5 Å². The molecular formula is C24H28N2O3. The van der Waals surface area contributed by atoms with Crippen LogP contribution in [0.15, 0.2) is 54.6 Å². The number of amides is 2. The lowest BCUT2D eigenvalue weighted by molar-refractivity contribution is -0.140. The molecule has 0 aromatic heterocycles. The molecule has 2 amide bonds. The van der Waals surface area contributed by atoms with Crippen molar-refractivity contribution < 1.29 is 14.3 Å². The Hall–Kier alpha value is -2.82. The van der Waals surface area contributed by atoms with E-state index in [2.05, 4.69) is 12.1 Å². The van der Waals surface area contributed by atoms with Gasteiger partial charge in [0.2, 0.25) is 11.8 Å². The van der Waals surface area contributed by atoms with Crippen molar-refractivity contribution in [2.45, 2.75) is 38.3 Å². The van der Waals surface area contributed by atoms with Crippen LogP contribution in [0.2, 0.25) is 0 Å². The van der Waals surface area contributed by atoms with Gasteiger partial charge in [0.1, 0.15) is 5.75 Å². The number of rotatable bonds is 6. The Morgan fingerprint density at radius 2 is 1.83 bits per heavy atom. The van der Waals surface area contributed by atoms with Crippen LogP contribution in [0.5, 0.6) is 5.75 Å². The van der Waals surface area contributed by atoms with Crippen molar-refractivity contribution in [1.29, 1.82) is 0 Å². The standard InChI is InChI=1S/C24H28N2O3/c1-29-22-9-5-8-18(14-22)10-13-23(27)25-16-20-11-12-21(17-25)26(24(20)28)15-19-6-3-2-4-7-19/h2-9,14,20-21H,10-13,15-17H2,1H3/t20-,21+/m1/s1. The molecule has 3 aliphatic rings. The van der Waals surface area contributed by atoms with Crippen molar-refractivity contribution in [2.24, 2.45) is 5.92 Å². The van der Waals surface area contributed by atoms with Crippen LogP contribution in [-0.4, -0.2) is 47.9 Å². The van der Waals surface area contributed by atoms with Crippen molar-refractivity contribution in [3.63, 3.8) is 0 Å². The van der Waals surface area contributed by atoms with Crippen LogP contribution in [0, 0.1) is 5.92 Å². The van der Waals surface area contributed by atoms with E-state index in [1.165, 1.54) is 0 Å². The second-order valence-corrected chi connectivity index (χ2v) is 8.03. The van der Waals surface area contributed by atoms with E-state index in [0.717, 1.165) is 29.7 Å². The Labute approximate surface area is 172 Å². The minimum atomic E-state index is -0.0711. The van der Waals surface area contributed by atoms with E-state index in [1.54, 1.807) is 7.11 Å². The van der Waals surface area contributed by atoms with Gasteiger partial charge in [0.25, 0.3) is 0 Å². The maximum absolute atomic E-state index is 13.0. The first-order chi connectivity index (χ1) is 14.1. The number of carbonyl (C=O) groups excluding carboxylic acids is 2. The maximum Gasteiger partial charge on any atom is 0.228 e. The number of fused-ring (bicyclic) bond motifs is 4. The number of hydrogen-bond donors (Lipinski definition) is 0. The zero-order chi connectivity index (χ0) is 20.2. The van der Waals surface area contributed by atoms with Gasteiger partial charge >= 0.3 is 0 Å². The number of nitrogens with zero attached hydrogens (tertiary/aromatic N) is 2. The summed E-state index contributed by atoms with van der Waals surface area (Å²) < 4.78 is 5.26. The first-order valence-electron chi connectivity index (χ1n) is 10.4. The molecule has 0 saturated carbocycles. The van der Waals surface area contributed by atoms with Gasteiger partial charge in [-0.1, -0.05) is 42.5 Å². The molecule has 2 bridgehead atoms. The van der Waals surface area contributed by atoms with Crippen molar-refractivity contribution >= 4 is 11.8 Å². The molecule has 0 radical (unpaired) electrons. The van der Waals surface area contributed by atoms with Gasteiger partial charge in [0, 0.05) is 32.1 Å². The molecule has 2 aromatic carbocycles. The SMILES string of the molecule is COc1cccc(CCC(=O)N2C[C@H]3CC[C@@H](C2)N(Cc2ccccc2)C3=O)c1. The normalized spacial score (nSPS) is 21.2. The molecule has 0 spiro atoms. The van der Waals surface area contributed by atoms with E-state index in [4.69, 9.17) is 4.74 Å². The fourth-order valence-electron chi connectivity index (χ4n) is 4.47. The minimum Gasteiger partial charge on any atom is -0.497 e. The fraction of sp³-hybridized carbons (Fsp3) is 0.417. The van der Waals surface area contributed by atoms with Crippen molar-refractivity contribution in [1.82, 2.24) is 9.80 Å². The summed E-state index contributed by atoms with van der Waals surface area (Å²) in [4.78, 5) is 29.9. The largest absolute Gasteiger partial charge is 0.497 e. The Kier molecular flexibility index (Phi) is 5.84. The number of carbonyl (C=O) groups is 2. The predicted octanol–water partition coefficient (Wildman–Crippen LogP) is 3.28. The van der Waals surface area contributed by atoms with E-state index in [9.17, 15) is 9.59 Å². The quantitative estimate of drug-likeness (QED) is 0.758. The molecule has 0 aliphatic carbocycles. The van der Waals surface area contributed by atoms with E-state index in [1.807, 2.05) is 52.3 Å². The lowest BCUT2D eigenvalue weighted by Gasteiger charge is -2.36. The molecule has 0 unspecified atom stereocenters. The van der Waals surface area contributed by atoms with Crippen molar-refractivity contribution in [3.8, 4) is 5.75 Å². The lowest BCUT2D eigenvalue weighted by Crippen LogP contribution is -2.47. The Balaban J connectivity index is 1.41. The molecule has 3 heterocycles. The Bertz CT molecular complexity index is 867. The second kappa shape index (κ2) is 8.68. The number of piperidine rings is 1. The van der Waals surface area contributed by atoms with E-state index >= 15 is 0 Å². The predicted molar refractivity (Wildman–Crippen MR) is 111 cm³/mol. The van der Waals surface area contributed by atoms with Gasteiger partial charge in [-0.25, -0.2) is 0 Å². The molecular weight excluding hydrogens is 364 g/mol. The molecule has 2 aromatic rings. The second-order valence-electron chi connectivity index (χ2n) is 8.03. The summed E-state index contributed by atoms with van der Waals surface area (Å²) in [5, 5.41) is 0. The van der Waals surface area contributed by atoms with Gasteiger partial charge in [-0.15, -0.1) is 0 Å². The first-order valence-corrected chi connectivity index (χ1v) is 10.4. The number of ether oxygens (including phenoxy) is 1. The summed E-state index contributed by atoms with van der Waals surface area (Å²) in [5.41, 5.74) is 2.24. The van der Waals surface area contributed by atoms with Crippen LogP contribution in [-0.2, 0) is 22.6 Å². The smallest absolute Gasteiger partial charge is 0.228 e. The van der Waals surface area contributed by atoms with Gasteiger partial charge in [-0.2, -0.15) is 0 Å². The van der Waals surface area contributed by atoms with E-state index in [-0.39, 0.29) is 23.8 Å². The zero-order valence-corrected chi connectivity index (χ0v) is 16.9. The van der Waals surface area contributed by atoms with Crippen LogP contribution in [0.4, 0.5) is 0 Å². The summed E-state index contributed by atoms with van der Waals surface area (Å²) in [6, 6.07) is 18.1. The number of hydrogen-bond acceptors (Lipinski definition) is 3. The average molecular weight is 392 g/mol. The molecule has 5 nitrogen and oxygen atoms in total. The topological polar surface area (TPSA) is 49.9 Å². The molecule has 3 fully saturated rings. The highest BCUT2D eigenvalue weighted by Gasteiger charge is 2.41. The van der Waals surface area contributed by atoms with Crippen LogP contribution in [0.25, 0.3) is 0 Å². The highest BCUT2D eigenvalue weighted by molar-refractivity contribution is 5.83. The highest BCUT2D eigenvalue weighted by Crippen LogP contribution is 2.31. The van der Waals surface area contributed by atoms with E-state index in [0.29, 0.717) is 32.5 Å². The fourth-order valence-corrected chi connectivity index (χ4v) is 4.47. The van der Waals surface area contributed by atoms with Crippen LogP contribution < -0.4 is 4.74 Å². The third-order valence-corrected chi connectivity index (χ3v) is 6.10. The maximum atomic E-state index is 13.0. The molecule has 3 aliphatic heterocycles. The van der Waals surface area contributed by atoms with Gasteiger partial charge < -0.3 is 14.5 Å². The Morgan fingerprint density at radius 3 is 2.62 bits per heavy atom. The summed E-state index contributed by atoms with van der Waals surface area (Å²) >= 11 is 0. The van der Waals surface area contributed by atoms with Crippen LogP contribution >= 0.6 is 0 Å².